The first-order chi connectivity index (χ1) is 11.2. The minimum absolute atomic E-state index is 0.583. The molecule has 0 aromatic heterocycles. The first-order valence-corrected chi connectivity index (χ1v) is 7.31. The lowest BCUT2D eigenvalue weighted by Gasteiger charge is -2.11. The Balaban J connectivity index is 2.11. The summed E-state index contributed by atoms with van der Waals surface area (Å²) in [7, 11) is 4.92. The van der Waals surface area contributed by atoms with Crippen LogP contribution in [0.15, 0.2) is 47.6 Å². The molecule has 0 spiro atoms. The molecule has 0 aliphatic heterocycles. The van der Waals surface area contributed by atoms with Crippen molar-refractivity contribution in [2.24, 2.45) is 5.10 Å². The molecular formula is C18H22N2O3. The van der Waals surface area contributed by atoms with E-state index in [9.17, 15) is 0 Å². The lowest BCUT2D eigenvalue weighted by Crippen LogP contribution is -2.11. The average Bonchev–Trinajstić information content (AvgIpc) is 2.61. The third-order valence-electron chi connectivity index (χ3n) is 3.51. The summed E-state index contributed by atoms with van der Waals surface area (Å²) in [6.45, 7) is 2.51. The molecule has 0 saturated heterocycles. The second-order valence-corrected chi connectivity index (χ2v) is 4.91. The highest BCUT2D eigenvalue weighted by molar-refractivity contribution is 6.01. The van der Waals surface area contributed by atoms with E-state index in [-0.39, 0.29) is 0 Å². The highest BCUT2D eigenvalue weighted by Gasteiger charge is 2.08. The van der Waals surface area contributed by atoms with Crippen molar-refractivity contribution in [1.29, 1.82) is 0 Å². The maximum Gasteiger partial charge on any atom is 0.131 e. The fourth-order valence-electron chi connectivity index (χ4n) is 2.25. The van der Waals surface area contributed by atoms with E-state index in [0.717, 1.165) is 34.1 Å². The lowest BCUT2D eigenvalue weighted by atomic mass is 10.1. The topological polar surface area (TPSA) is 52.1 Å². The Hall–Kier alpha value is -2.69. The molecule has 122 valence electrons. The van der Waals surface area contributed by atoms with Gasteiger partial charge in [0.1, 0.15) is 17.2 Å². The fourth-order valence-corrected chi connectivity index (χ4v) is 2.25. The summed E-state index contributed by atoms with van der Waals surface area (Å²) < 4.78 is 15.9. The van der Waals surface area contributed by atoms with Gasteiger partial charge < -0.3 is 19.6 Å². The highest BCUT2D eigenvalue weighted by atomic mass is 16.5. The third-order valence-corrected chi connectivity index (χ3v) is 3.51. The largest absolute Gasteiger partial charge is 0.497 e. The number of para-hydroxylation sites is 1. The normalized spacial score (nSPS) is 11.0. The number of hydrogen-bond acceptors (Lipinski definition) is 5. The van der Waals surface area contributed by atoms with Gasteiger partial charge in [-0.05, 0) is 25.1 Å². The molecule has 0 amide bonds. The predicted molar refractivity (Wildman–Crippen MR) is 91.6 cm³/mol. The Morgan fingerprint density at radius 2 is 1.70 bits per heavy atom. The molecule has 0 aliphatic carbocycles. The number of hydrazone groups is 1. The molecule has 0 radical (unpaired) electrons. The fraction of sp³-hybridized carbons (Fsp3) is 0.278. The zero-order valence-electron chi connectivity index (χ0n) is 13.9. The number of hydrogen-bond donors (Lipinski definition) is 1. The highest BCUT2D eigenvalue weighted by Crippen LogP contribution is 2.25. The van der Waals surface area contributed by atoms with Gasteiger partial charge in [-0.15, -0.1) is 0 Å². The van der Waals surface area contributed by atoms with Crippen molar-refractivity contribution in [2.45, 2.75) is 13.5 Å². The zero-order valence-corrected chi connectivity index (χ0v) is 13.9. The Morgan fingerprint density at radius 3 is 2.39 bits per heavy atom. The van der Waals surface area contributed by atoms with Crippen molar-refractivity contribution in [2.75, 3.05) is 21.3 Å². The van der Waals surface area contributed by atoms with Crippen LogP contribution in [0, 0.1) is 0 Å². The Kier molecular flexibility index (Phi) is 5.86. The van der Waals surface area contributed by atoms with Crippen molar-refractivity contribution in [1.82, 2.24) is 5.43 Å². The van der Waals surface area contributed by atoms with Crippen molar-refractivity contribution in [3.8, 4) is 17.2 Å². The standard InChI is InChI=1S/C18H22N2O3/c1-13(16-10-9-15(21-2)11-18(16)23-4)20-19-12-14-7-5-6-8-17(14)22-3/h5-11,19H,12H2,1-4H3/b20-13+. The van der Waals surface area contributed by atoms with Crippen LogP contribution in [-0.4, -0.2) is 27.0 Å². The van der Waals surface area contributed by atoms with Gasteiger partial charge in [0.25, 0.3) is 0 Å². The van der Waals surface area contributed by atoms with E-state index >= 15 is 0 Å². The van der Waals surface area contributed by atoms with Gasteiger partial charge in [-0.25, -0.2) is 0 Å². The molecule has 5 nitrogen and oxygen atoms in total. The van der Waals surface area contributed by atoms with Crippen LogP contribution in [0.25, 0.3) is 0 Å². The van der Waals surface area contributed by atoms with Crippen LogP contribution in [0.3, 0.4) is 0 Å². The van der Waals surface area contributed by atoms with Gasteiger partial charge in [0.05, 0.1) is 33.6 Å². The molecule has 2 aromatic rings. The second-order valence-electron chi connectivity index (χ2n) is 4.91. The number of methoxy groups -OCH3 is 3. The predicted octanol–water partition coefficient (Wildman–Crippen LogP) is 3.23. The van der Waals surface area contributed by atoms with Crippen LogP contribution < -0.4 is 19.6 Å². The van der Waals surface area contributed by atoms with Crippen molar-refractivity contribution >= 4 is 5.71 Å². The molecule has 0 heterocycles. The minimum Gasteiger partial charge on any atom is -0.497 e. The van der Waals surface area contributed by atoms with Gasteiger partial charge in [0.15, 0.2) is 0 Å². The molecule has 2 rings (SSSR count). The van der Waals surface area contributed by atoms with Crippen LogP contribution in [0.4, 0.5) is 0 Å². The molecule has 0 saturated carbocycles. The van der Waals surface area contributed by atoms with E-state index < -0.39 is 0 Å². The quantitative estimate of drug-likeness (QED) is 0.630. The van der Waals surface area contributed by atoms with Crippen LogP contribution >= 0.6 is 0 Å². The number of benzene rings is 2. The summed E-state index contributed by atoms with van der Waals surface area (Å²) in [5.41, 5.74) is 5.88. The van der Waals surface area contributed by atoms with Crippen molar-refractivity contribution < 1.29 is 14.2 Å². The van der Waals surface area contributed by atoms with Gasteiger partial charge in [-0.1, -0.05) is 18.2 Å². The maximum atomic E-state index is 5.40. The number of nitrogens with one attached hydrogen (secondary N) is 1. The van der Waals surface area contributed by atoms with E-state index in [4.69, 9.17) is 14.2 Å². The zero-order chi connectivity index (χ0) is 16.7. The van der Waals surface area contributed by atoms with E-state index in [0.29, 0.717) is 6.54 Å². The summed E-state index contributed by atoms with van der Waals surface area (Å²) in [6, 6.07) is 13.5. The summed E-state index contributed by atoms with van der Waals surface area (Å²) in [5.74, 6) is 2.32. The summed E-state index contributed by atoms with van der Waals surface area (Å²) in [6.07, 6.45) is 0. The van der Waals surface area contributed by atoms with Crippen molar-refractivity contribution in [3.05, 3.63) is 53.6 Å². The van der Waals surface area contributed by atoms with Gasteiger partial charge in [-0.2, -0.15) is 5.10 Å². The Morgan fingerprint density at radius 1 is 0.957 bits per heavy atom. The monoisotopic (exact) mass is 314 g/mol. The molecule has 5 heteroatoms. The Bertz CT molecular complexity index is 684. The van der Waals surface area contributed by atoms with Gasteiger partial charge >= 0.3 is 0 Å². The summed E-state index contributed by atoms with van der Waals surface area (Å²) in [4.78, 5) is 0. The second kappa shape index (κ2) is 8.08. The lowest BCUT2D eigenvalue weighted by molar-refractivity contribution is 0.393. The number of nitrogens with zero attached hydrogens (tertiary/aromatic N) is 1. The van der Waals surface area contributed by atoms with Gasteiger partial charge in [0.2, 0.25) is 0 Å². The van der Waals surface area contributed by atoms with E-state index in [2.05, 4.69) is 10.5 Å². The SMILES string of the molecule is COc1ccc(/C(C)=N/NCc2ccccc2OC)c(OC)c1. The van der Waals surface area contributed by atoms with Gasteiger partial charge in [0, 0.05) is 17.2 Å². The third kappa shape index (κ3) is 4.16. The molecule has 0 bridgehead atoms. The maximum absolute atomic E-state index is 5.40. The smallest absolute Gasteiger partial charge is 0.131 e. The van der Waals surface area contributed by atoms with Crippen LogP contribution in [0.1, 0.15) is 18.1 Å². The molecular weight excluding hydrogens is 292 g/mol. The molecule has 2 aromatic carbocycles. The summed E-state index contributed by atoms with van der Waals surface area (Å²) >= 11 is 0. The molecule has 23 heavy (non-hydrogen) atoms. The van der Waals surface area contributed by atoms with Crippen LogP contribution in [0.5, 0.6) is 17.2 Å². The van der Waals surface area contributed by atoms with Crippen LogP contribution in [-0.2, 0) is 6.54 Å². The molecule has 0 unspecified atom stereocenters. The Labute approximate surface area is 136 Å². The number of ether oxygens (including phenoxy) is 3. The molecule has 0 aliphatic rings. The van der Waals surface area contributed by atoms with E-state index in [1.54, 1.807) is 21.3 Å². The van der Waals surface area contributed by atoms with E-state index in [1.807, 2.05) is 49.4 Å². The summed E-state index contributed by atoms with van der Waals surface area (Å²) in [5, 5.41) is 4.42. The molecule has 1 N–H and O–H groups in total. The first kappa shape index (κ1) is 16.7. The number of rotatable bonds is 7. The first-order valence-electron chi connectivity index (χ1n) is 7.31. The average molecular weight is 314 g/mol. The van der Waals surface area contributed by atoms with E-state index in [1.165, 1.54) is 0 Å². The van der Waals surface area contributed by atoms with Gasteiger partial charge in [-0.3, -0.25) is 0 Å². The molecule has 0 atom stereocenters. The molecule has 0 fully saturated rings. The van der Waals surface area contributed by atoms with Crippen LogP contribution in [0.2, 0.25) is 0 Å². The minimum atomic E-state index is 0.583. The van der Waals surface area contributed by atoms with Crippen molar-refractivity contribution in [3.63, 3.8) is 0 Å².